The summed E-state index contributed by atoms with van der Waals surface area (Å²) in [6, 6.07) is 7.09. The number of ether oxygens (including phenoxy) is 2. The second-order valence-electron chi connectivity index (χ2n) is 13.2. The summed E-state index contributed by atoms with van der Waals surface area (Å²) in [6.45, 7) is 7.46. The summed E-state index contributed by atoms with van der Waals surface area (Å²) in [6.07, 6.45) is 3.84. The molecule has 2 fully saturated rings. The second kappa shape index (κ2) is 12.3. The summed E-state index contributed by atoms with van der Waals surface area (Å²) >= 11 is 0. The molecule has 0 aliphatic carbocycles. The van der Waals surface area contributed by atoms with Gasteiger partial charge in [-0.15, -0.1) is 0 Å². The van der Waals surface area contributed by atoms with Gasteiger partial charge >= 0.3 is 12.3 Å². The first-order chi connectivity index (χ1) is 22.9. The number of rotatable bonds is 5. The smallest absolute Gasteiger partial charge is 0.433 e. The maximum atomic E-state index is 13.6. The van der Waals surface area contributed by atoms with Crippen LogP contribution in [0.25, 0.3) is 44.5 Å². The SMILES string of the molecule is CC(C)(C)OC(=O)NC1CCN(c2cncc(-c3nn(C4CCCCO4)c4ccc(-c5cnc6n[nH]c(C(F)(F)F)c6c5)cc34)n2)CC1. The van der Waals surface area contributed by atoms with Gasteiger partial charge in [-0.25, -0.2) is 19.4 Å². The highest BCUT2D eigenvalue weighted by atomic mass is 19.4. The van der Waals surface area contributed by atoms with Gasteiger partial charge in [0, 0.05) is 42.9 Å². The lowest BCUT2D eigenvalue weighted by atomic mass is 10.0. The first-order valence-corrected chi connectivity index (χ1v) is 16.1. The summed E-state index contributed by atoms with van der Waals surface area (Å²) in [4.78, 5) is 28.1. The van der Waals surface area contributed by atoms with Crippen molar-refractivity contribution >= 4 is 33.8 Å². The number of benzene rings is 1. The van der Waals surface area contributed by atoms with E-state index < -0.39 is 23.6 Å². The minimum Gasteiger partial charge on any atom is -0.444 e. The molecule has 5 aromatic rings. The van der Waals surface area contributed by atoms with Crippen LogP contribution in [0.1, 0.15) is 64.8 Å². The van der Waals surface area contributed by atoms with Gasteiger partial charge in [0.05, 0.1) is 23.3 Å². The first kappa shape index (κ1) is 31.8. The summed E-state index contributed by atoms with van der Waals surface area (Å²) in [5.74, 6) is 0.685. The van der Waals surface area contributed by atoms with Gasteiger partial charge in [0.1, 0.15) is 28.5 Å². The van der Waals surface area contributed by atoms with Crippen LogP contribution < -0.4 is 10.2 Å². The monoisotopic (exact) mass is 663 g/mol. The molecule has 48 heavy (non-hydrogen) atoms. The third-order valence-corrected chi connectivity index (χ3v) is 8.57. The molecule has 2 N–H and O–H groups in total. The van der Waals surface area contributed by atoms with Crippen molar-refractivity contribution in [3.8, 4) is 22.5 Å². The zero-order valence-corrected chi connectivity index (χ0v) is 26.8. The Bertz CT molecular complexity index is 1950. The van der Waals surface area contributed by atoms with E-state index in [0.29, 0.717) is 48.0 Å². The van der Waals surface area contributed by atoms with E-state index in [4.69, 9.17) is 19.6 Å². The minimum atomic E-state index is -4.60. The molecule has 2 saturated heterocycles. The van der Waals surface area contributed by atoms with E-state index in [1.165, 1.54) is 12.3 Å². The van der Waals surface area contributed by atoms with Crippen LogP contribution in [0.15, 0.2) is 42.9 Å². The number of carbonyl (C=O) groups excluding carboxylic acids is 1. The van der Waals surface area contributed by atoms with E-state index in [1.54, 1.807) is 12.4 Å². The molecule has 6 heterocycles. The number of aromatic nitrogens is 7. The largest absolute Gasteiger partial charge is 0.444 e. The number of pyridine rings is 1. The van der Waals surface area contributed by atoms with Gasteiger partial charge in [0.2, 0.25) is 0 Å². The highest BCUT2D eigenvalue weighted by molar-refractivity contribution is 5.96. The predicted octanol–water partition coefficient (Wildman–Crippen LogP) is 6.64. The molecule has 1 amide bonds. The lowest BCUT2D eigenvalue weighted by molar-refractivity contribution is -0.139. The van der Waals surface area contributed by atoms with Crippen molar-refractivity contribution in [2.24, 2.45) is 0 Å². The van der Waals surface area contributed by atoms with Gasteiger partial charge < -0.3 is 19.7 Å². The number of nitrogens with one attached hydrogen (secondary N) is 2. The quantitative estimate of drug-likeness (QED) is 0.212. The van der Waals surface area contributed by atoms with Crippen LogP contribution >= 0.6 is 0 Å². The van der Waals surface area contributed by atoms with E-state index in [9.17, 15) is 18.0 Å². The van der Waals surface area contributed by atoms with Gasteiger partial charge in [-0.1, -0.05) is 6.07 Å². The number of H-pyrrole nitrogens is 1. The summed E-state index contributed by atoms with van der Waals surface area (Å²) in [5, 5.41) is 14.4. The summed E-state index contributed by atoms with van der Waals surface area (Å²) in [7, 11) is 0. The number of piperidine rings is 1. The van der Waals surface area contributed by atoms with Crippen LogP contribution in [0.5, 0.6) is 0 Å². The number of fused-ring (bicyclic) bond motifs is 2. The Hall–Kier alpha value is -4.79. The fourth-order valence-electron chi connectivity index (χ4n) is 6.27. The van der Waals surface area contributed by atoms with Crippen LogP contribution in [-0.4, -0.2) is 72.4 Å². The van der Waals surface area contributed by atoms with Crippen molar-refractivity contribution in [3.63, 3.8) is 0 Å². The van der Waals surface area contributed by atoms with Crippen LogP contribution in [0.3, 0.4) is 0 Å². The number of carbonyl (C=O) groups is 1. The van der Waals surface area contributed by atoms with E-state index >= 15 is 0 Å². The number of amides is 1. The van der Waals surface area contributed by atoms with Crippen molar-refractivity contribution in [1.29, 1.82) is 0 Å². The lowest BCUT2D eigenvalue weighted by Crippen LogP contribution is -2.46. The fourth-order valence-corrected chi connectivity index (χ4v) is 6.27. The molecule has 4 aromatic heterocycles. The van der Waals surface area contributed by atoms with Crippen molar-refractivity contribution in [1.82, 2.24) is 40.2 Å². The molecule has 0 radical (unpaired) electrons. The lowest BCUT2D eigenvalue weighted by Gasteiger charge is -2.33. The Balaban J connectivity index is 1.21. The van der Waals surface area contributed by atoms with Crippen molar-refractivity contribution in [3.05, 3.63) is 48.5 Å². The van der Waals surface area contributed by atoms with Crippen molar-refractivity contribution in [2.75, 3.05) is 24.6 Å². The average molecular weight is 664 g/mol. The molecule has 15 heteroatoms. The second-order valence-corrected chi connectivity index (χ2v) is 13.2. The van der Waals surface area contributed by atoms with Gasteiger partial charge in [0.15, 0.2) is 11.9 Å². The third kappa shape index (κ3) is 6.50. The highest BCUT2D eigenvalue weighted by Crippen LogP contribution is 2.37. The molecule has 1 unspecified atom stereocenters. The molecular formula is C33H36F3N9O3. The van der Waals surface area contributed by atoms with Crippen molar-refractivity contribution in [2.45, 2.75) is 76.9 Å². The standard InChI is InChI=1S/C33H36F3N9O3/c1-32(2,3)48-31(46)39-21-9-11-44(12-10-21)26-18-37-17-24(40-26)28-22-14-19(7-8-25(22)45(43-28)27-6-4-5-13-47-27)20-15-23-29(33(34,35)36)41-42-30(23)38-16-20/h7-8,14-18,21,27H,4-6,9-13H2,1-3H3,(H,39,46)(H,38,41,42). The number of hydrogen-bond donors (Lipinski definition) is 2. The molecule has 0 bridgehead atoms. The van der Waals surface area contributed by atoms with Gasteiger partial charge in [-0.2, -0.15) is 23.4 Å². The van der Waals surface area contributed by atoms with Crippen LogP contribution in [0.2, 0.25) is 0 Å². The zero-order valence-electron chi connectivity index (χ0n) is 26.8. The molecule has 1 atom stereocenters. The van der Waals surface area contributed by atoms with Crippen LogP contribution in [0.4, 0.5) is 23.8 Å². The fraction of sp³-hybridized carbons (Fsp3) is 0.455. The Kier molecular flexibility index (Phi) is 8.17. The number of halogens is 3. The first-order valence-electron chi connectivity index (χ1n) is 16.1. The maximum Gasteiger partial charge on any atom is 0.433 e. The molecular weight excluding hydrogens is 627 g/mol. The molecule has 7 rings (SSSR count). The molecule has 0 saturated carbocycles. The molecule has 252 valence electrons. The van der Waals surface area contributed by atoms with E-state index in [2.05, 4.69) is 30.4 Å². The van der Waals surface area contributed by atoms with Gasteiger partial charge in [-0.3, -0.25) is 10.1 Å². The van der Waals surface area contributed by atoms with Crippen LogP contribution in [0, 0.1) is 0 Å². The maximum absolute atomic E-state index is 13.6. The number of alkyl carbamates (subject to hydrolysis) is 1. The molecule has 12 nitrogen and oxygen atoms in total. The van der Waals surface area contributed by atoms with Gasteiger partial charge in [0.25, 0.3) is 0 Å². The van der Waals surface area contributed by atoms with E-state index in [-0.39, 0.29) is 23.3 Å². The topological polar surface area (TPSA) is 136 Å². The average Bonchev–Trinajstić information content (AvgIpc) is 3.66. The van der Waals surface area contributed by atoms with Crippen molar-refractivity contribution < 1.29 is 27.4 Å². The summed E-state index contributed by atoms with van der Waals surface area (Å²) < 4.78 is 54.3. The molecule has 0 spiro atoms. The third-order valence-electron chi connectivity index (χ3n) is 8.57. The molecule has 2 aliphatic rings. The Morgan fingerprint density at radius 2 is 1.81 bits per heavy atom. The van der Waals surface area contributed by atoms with E-state index in [0.717, 1.165) is 43.0 Å². The van der Waals surface area contributed by atoms with E-state index in [1.807, 2.05) is 43.7 Å². The number of anilines is 1. The number of hydrogen-bond acceptors (Lipinski definition) is 9. The number of aromatic amines is 1. The number of alkyl halides is 3. The predicted molar refractivity (Wildman–Crippen MR) is 172 cm³/mol. The number of nitrogens with zero attached hydrogens (tertiary/aromatic N) is 7. The van der Waals surface area contributed by atoms with Gasteiger partial charge in [-0.05, 0) is 76.6 Å². The highest BCUT2D eigenvalue weighted by Gasteiger charge is 2.35. The Morgan fingerprint density at radius 3 is 2.54 bits per heavy atom. The molecule has 2 aliphatic heterocycles. The normalized spacial score (nSPS) is 18.0. The summed E-state index contributed by atoms with van der Waals surface area (Å²) in [5.41, 5.74) is 1.62. The minimum absolute atomic E-state index is 0.00754. The Morgan fingerprint density at radius 1 is 1.02 bits per heavy atom. The van der Waals surface area contributed by atoms with Crippen LogP contribution in [-0.2, 0) is 15.7 Å². The molecule has 1 aromatic carbocycles. The Labute approximate surface area is 274 Å². The zero-order chi connectivity index (χ0) is 33.6.